The van der Waals surface area contributed by atoms with Crippen molar-refractivity contribution in [2.45, 2.75) is 25.9 Å². The van der Waals surface area contributed by atoms with E-state index < -0.39 is 0 Å². The highest BCUT2D eigenvalue weighted by molar-refractivity contribution is 6.30. The molecule has 0 saturated heterocycles. The first-order valence-corrected chi connectivity index (χ1v) is 6.46. The maximum atomic E-state index is 6.00. The van der Waals surface area contributed by atoms with Crippen molar-refractivity contribution < 1.29 is 0 Å². The van der Waals surface area contributed by atoms with Crippen LogP contribution < -0.4 is 5.32 Å². The lowest BCUT2D eigenvalue weighted by atomic mass is 10.1. The van der Waals surface area contributed by atoms with Crippen LogP contribution in [0.3, 0.4) is 0 Å². The minimum atomic E-state index is 0.249. The van der Waals surface area contributed by atoms with Gasteiger partial charge in [-0.15, -0.1) is 0 Å². The van der Waals surface area contributed by atoms with Crippen LogP contribution >= 0.6 is 11.6 Å². The van der Waals surface area contributed by atoms with Crippen LogP contribution in [-0.2, 0) is 0 Å². The molecule has 1 aromatic carbocycles. The number of pyridine rings is 1. The van der Waals surface area contributed by atoms with E-state index in [1.54, 1.807) is 6.20 Å². The Morgan fingerprint density at radius 2 is 1.78 bits per heavy atom. The molecule has 0 spiro atoms. The average molecular weight is 261 g/mol. The van der Waals surface area contributed by atoms with E-state index in [1.807, 2.05) is 30.5 Å². The molecular formula is C15H17ClN2. The predicted octanol–water partition coefficient (Wildman–Crippen LogP) is 4.15. The molecule has 0 aliphatic carbocycles. The van der Waals surface area contributed by atoms with Crippen LogP contribution in [-0.4, -0.2) is 4.98 Å². The summed E-state index contributed by atoms with van der Waals surface area (Å²) in [4.78, 5) is 4.14. The van der Waals surface area contributed by atoms with Crippen molar-refractivity contribution in [1.82, 2.24) is 10.3 Å². The normalized spacial score (nSPS) is 14.2. The average Bonchev–Trinajstić information content (AvgIpc) is 2.39. The summed E-state index contributed by atoms with van der Waals surface area (Å²) in [5.41, 5.74) is 2.38. The van der Waals surface area contributed by atoms with Gasteiger partial charge in [-0.2, -0.15) is 0 Å². The second-order valence-corrected chi connectivity index (χ2v) is 4.89. The van der Waals surface area contributed by atoms with Crippen LogP contribution in [0.1, 0.15) is 37.1 Å². The van der Waals surface area contributed by atoms with Gasteiger partial charge < -0.3 is 5.32 Å². The van der Waals surface area contributed by atoms with E-state index >= 15 is 0 Å². The van der Waals surface area contributed by atoms with Gasteiger partial charge in [0.15, 0.2) is 0 Å². The topological polar surface area (TPSA) is 24.9 Å². The summed E-state index contributed by atoms with van der Waals surface area (Å²) >= 11 is 6.00. The number of nitrogens with one attached hydrogen (secondary N) is 1. The van der Waals surface area contributed by atoms with Crippen LogP contribution in [0.15, 0.2) is 48.8 Å². The summed E-state index contributed by atoms with van der Waals surface area (Å²) in [5.74, 6) is 0. The third-order valence-electron chi connectivity index (χ3n) is 3.03. The number of hydrogen-bond donors (Lipinski definition) is 1. The van der Waals surface area contributed by atoms with Gasteiger partial charge in [-0.3, -0.25) is 4.98 Å². The number of aromatic nitrogens is 1. The molecule has 0 bridgehead atoms. The highest BCUT2D eigenvalue weighted by atomic mass is 35.5. The van der Waals surface area contributed by atoms with Gasteiger partial charge in [0.05, 0.1) is 0 Å². The molecule has 1 N–H and O–H groups in total. The molecule has 18 heavy (non-hydrogen) atoms. The van der Waals surface area contributed by atoms with Crippen molar-refractivity contribution in [2.75, 3.05) is 0 Å². The van der Waals surface area contributed by atoms with Gasteiger partial charge in [-0.05, 0) is 43.2 Å². The van der Waals surface area contributed by atoms with E-state index in [0.29, 0.717) is 0 Å². The van der Waals surface area contributed by atoms with Gasteiger partial charge in [0.2, 0.25) is 0 Å². The molecule has 2 atom stereocenters. The molecule has 94 valence electrons. The van der Waals surface area contributed by atoms with Gasteiger partial charge in [-0.25, -0.2) is 0 Å². The Morgan fingerprint density at radius 3 is 2.44 bits per heavy atom. The largest absolute Gasteiger partial charge is 0.304 e. The maximum absolute atomic E-state index is 6.00. The Balaban J connectivity index is 2.05. The Bertz CT molecular complexity index is 499. The van der Waals surface area contributed by atoms with Gasteiger partial charge >= 0.3 is 0 Å². The zero-order valence-corrected chi connectivity index (χ0v) is 11.4. The van der Waals surface area contributed by atoms with Gasteiger partial charge in [0, 0.05) is 29.5 Å². The number of benzene rings is 1. The molecule has 2 nitrogen and oxygen atoms in total. The lowest BCUT2D eigenvalue weighted by molar-refractivity contribution is 0.494. The molecule has 0 saturated carbocycles. The second kappa shape index (κ2) is 5.98. The molecule has 1 unspecified atom stereocenters. The number of nitrogens with zero attached hydrogens (tertiary/aromatic N) is 1. The van der Waals surface area contributed by atoms with Crippen molar-refractivity contribution in [3.8, 4) is 0 Å². The highest BCUT2D eigenvalue weighted by Crippen LogP contribution is 2.21. The van der Waals surface area contributed by atoms with Crippen LogP contribution in [0, 0.1) is 0 Å². The molecule has 0 aliphatic rings. The molecule has 2 aromatic rings. The van der Waals surface area contributed by atoms with E-state index in [1.165, 1.54) is 11.1 Å². The van der Waals surface area contributed by atoms with E-state index in [4.69, 9.17) is 11.6 Å². The minimum Gasteiger partial charge on any atom is -0.304 e. The molecule has 2 rings (SSSR count). The third kappa shape index (κ3) is 3.31. The lowest BCUT2D eigenvalue weighted by Crippen LogP contribution is -2.22. The zero-order chi connectivity index (χ0) is 13.0. The third-order valence-corrected chi connectivity index (χ3v) is 3.27. The molecule has 1 heterocycles. The predicted molar refractivity (Wildman–Crippen MR) is 75.7 cm³/mol. The standard InChI is InChI=1S/C15H17ClN2/c1-11(13-5-3-7-15(16)9-13)18-12(2)14-6-4-8-17-10-14/h3-12,18H,1-2H3/t11?,12-/m0/s1. The smallest absolute Gasteiger partial charge is 0.0409 e. The van der Waals surface area contributed by atoms with E-state index in [9.17, 15) is 0 Å². The Morgan fingerprint density at radius 1 is 1.06 bits per heavy atom. The summed E-state index contributed by atoms with van der Waals surface area (Å²) in [6.07, 6.45) is 3.68. The summed E-state index contributed by atoms with van der Waals surface area (Å²) in [5, 5.41) is 4.31. The van der Waals surface area contributed by atoms with Gasteiger partial charge in [-0.1, -0.05) is 29.8 Å². The molecule has 0 radical (unpaired) electrons. The van der Waals surface area contributed by atoms with Crippen molar-refractivity contribution in [1.29, 1.82) is 0 Å². The number of hydrogen-bond acceptors (Lipinski definition) is 2. The Kier molecular flexibility index (Phi) is 4.34. The van der Waals surface area contributed by atoms with Crippen molar-refractivity contribution in [3.05, 3.63) is 64.9 Å². The first-order chi connectivity index (χ1) is 8.66. The van der Waals surface area contributed by atoms with Crippen LogP contribution in [0.25, 0.3) is 0 Å². The molecule has 0 fully saturated rings. The SMILES string of the molecule is CC(N[C@@H](C)c1cccnc1)c1cccc(Cl)c1. The number of rotatable bonds is 4. The quantitative estimate of drug-likeness (QED) is 0.893. The molecule has 1 aromatic heterocycles. The Labute approximate surface area is 113 Å². The summed E-state index contributed by atoms with van der Waals surface area (Å²) in [6, 6.07) is 12.5. The molecule has 0 amide bonds. The second-order valence-electron chi connectivity index (χ2n) is 4.45. The first kappa shape index (κ1) is 13.1. The summed E-state index contributed by atoms with van der Waals surface area (Å²) in [7, 11) is 0. The molecule has 0 aliphatic heterocycles. The lowest BCUT2D eigenvalue weighted by Gasteiger charge is -2.20. The maximum Gasteiger partial charge on any atom is 0.0409 e. The van der Waals surface area contributed by atoms with Crippen LogP contribution in [0.5, 0.6) is 0 Å². The van der Waals surface area contributed by atoms with Gasteiger partial charge in [0.1, 0.15) is 0 Å². The number of halogens is 1. The van der Waals surface area contributed by atoms with E-state index in [2.05, 4.69) is 36.3 Å². The summed E-state index contributed by atoms with van der Waals surface area (Å²) < 4.78 is 0. The van der Waals surface area contributed by atoms with Crippen LogP contribution in [0.2, 0.25) is 5.02 Å². The zero-order valence-electron chi connectivity index (χ0n) is 10.6. The first-order valence-electron chi connectivity index (χ1n) is 6.08. The Hall–Kier alpha value is -1.38. The monoisotopic (exact) mass is 260 g/mol. The molecular weight excluding hydrogens is 244 g/mol. The van der Waals surface area contributed by atoms with E-state index in [0.717, 1.165) is 5.02 Å². The fraction of sp³-hybridized carbons (Fsp3) is 0.267. The van der Waals surface area contributed by atoms with Crippen molar-refractivity contribution in [3.63, 3.8) is 0 Å². The fourth-order valence-corrected chi connectivity index (χ4v) is 2.17. The minimum absolute atomic E-state index is 0.249. The van der Waals surface area contributed by atoms with E-state index in [-0.39, 0.29) is 12.1 Å². The highest BCUT2D eigenvalue weighted by Gasteiger charge is 2.11. The summed E-state index contributed by atoms with van der Waals surface area (Å²) in [6.45, 7) is 4.27. The van der Waals surface area contributed by atoms with Crippen LogP contribution in [0.4, 0.5) is 0 Å². The fourth-order valence-electron chi connectivity index (χ4n) is 1.98. The van der Waals surface area contributed by atoms with Gasteiger partial charge in [0.25, 0.3) is 0 Å². The van der Waals surface area contributed by atoms with Crippen molar-refractivity contribution >= 4 is 11.6 Å². The molecule has 3 heteroatoms. The van der Waals surface area contributed by atoms with Crippen molar-refractivity contribution in [2.24, 2.45) is 0 Å².